The Kier molecular flexibility index (Phi) is 5.43. The predicted octanol–water partition coefficient (Wildman–Crippen LogP) is 4.66. The third-order valence-electron chi connectivity index (χ3n) is 6.65. The van der Waals surface area contributed by atoms with Gasteiger partial charge in [0.15, 0.2) is 0 Å². The van der Waals surface area contributed by atoms with Gasteiger partial charge in [-0.3, -0.25) is 14.3 Å². The van der Waals surface area contributed by atoms with Crippen LogP contribution in [0.4, 0.5) is 4.39 Å². The number of carbonyl (C=O) groups is 1. The molecule has 3 heterocycles. The fourth-order valence-electron chi connectivity index (χ4n) is 4.95. The first-order valence-electron chi connectivity index (χ1n) is 11.1. The van der Waals surface area contributed by atoms with Gasteiger partial charge in [0.25, 0.3) is 0 Å². The highest BCUT2D eigenvalue weighted by Gasteiger charge is 2.37. The number of carbonyl (C=O) groups excluding carboxylic acids is 1. The van der Waals surface area contributed by atoms with E-state index in [0.717, 1.165) is 43.4 Å². The van der Waals surface area contributed by atoms with Crippen molar-refractivity contribution in [3.05, 3.63) is 53.4 Å². The SMILES string of the molecule is Cc1cc([C@@H]2CCON2C(=O)[C@H]2CC[C@H](Cn3cc4c(F)cc(C#N)cc4n3)CC2)co1. The molecule has 1 amide bonds. The van der Waals surface area contributed by atoms with E-state index in [1.165, 1.54) is 6.07 Å². The van der Waals surface area contributed by atoms with Crippen LogP contribution in [0.15, 0.2) is 35.1 Å². The zero-order valence-electron chi connectivity index (χ0n) is 18.0. The second-order valence-corrected chi connectivity index (χ2v) is 8.86. The molecule has 1 saturated carbocycles. The van der Waals surface area contributed by atoms with Crippen molar-refractivity contribution in [1.82, 2.24) is 14.8 Å². The maximum absolute atomic E-state index is 14.2. The summed E-state index contributed by atoms with van der Waals surface area (Å²) in [5.74, 6) is 0.786. The Morgan fingerprint density at radius 2 is 2.06 bits per heavy atom. The van der Waals surface area contributed by atoms with Crippen molar-refractivity contribution in [3.8, 4) is 6.07 Å². The molecule has 166 valence electrons. The van der Waals surface area contributed by atoms with E-state index in [1.807, 2.05) is 19.1 Å². The van der Waals surface area contributed by atoms with Crippen LogP contribution in [-0.4, -0.2) is 27.4 Å². The van der Waals surface area contributed by atoms with Crippen LogP contribution >= 0.6 is 0 Å². The molecule has 1 aliphatic carbocycles. The normalized spacial score (nSPS) is 23.5. The van der Waals surface area contributed by atoms with Gasteiger partial charge in [-0.2, -0.15) is 10.4 Å². The van der Waals surface area contributed by atoms with E-state index in [-0.39, 0.29) is 23.4 Å². The van der Waals surface area contributed by atoms with Crippen LogP contribution in [0, 0.1) is 35.9 Å². The number of amides is 1. The van der Waals surface area contributed by atoms with Crippen LogP contribution in [0.1, 0.15) is 55.0 Å². The molecule has 7 nitrogen and oxygen atoms in total. The molecule has 2 fully saturated rings. The zero-order chi connectivity index (χ0) is 22.2. The van der Waals surface area contributed by atoms with Gasteiger partial charge in [-0.25, -0.2) is 9.45 Å². The molecular weight excluding hydrogens is 411 g/mol. The lowest BCUT2D eigenvalue weighted by Crippen LogP contribution is -2.36. The second kappa shape index (κ2) is 8.40. The van der Waals surface area contributed by atoms with E-state index in [9.17, 15) is 9.18 Å². The Morgan fingerprint density at radius 3 is 2.78 bits per heavy atom. The second-order valence-electron chi connectivity index (χ2n) is 8.86. The van der Waals surface area contributed by atoms with E-state index in [0.29, 0.717) is 30.0 Å². The maximum Gasteiger partial charge on any atom is 0.249 e. The Morgan fingerprint density at radius 1 is 1.25 bits per heavy atom. The summed E-state index contributed by atoms with van der Waals surface area (Å²) in [6.45, 7) is 3.10. The third kappa shape index (κ3) is 3.89. The number of nitrogens with zero attached hydrogens (tertiary/aromatic N) is 4. The standard InChI is InChI=1S/C24H25FN4O3/c1-15-8-19(14-31-15)23-6-7-32-29(23)24(30)18-4-2-16(3-5-18)12-28-13-20-21(25)9-17(11-26)10-22(20)27-28/h8-10,13-14,16,18,23H,2-7,12H2,1H3/t16-,18-,23-/m0/s1. The summed E-state index contributed by atoms with van der Waals surface area (Å²) in [4.78, 5) is 18.9. The lowest BCUT2D eigenvalue weighted by atomic mass is 9.81. The first kappa shape index (κ1) is 20.7. The lowest BCUT2D eigenvalue weighted by molar-refractivity contribution is -0.183. The van der Waals surface area contributed by atoms with Gasteiger partial charge < -0.3 is 4.42 Å². The number of rotatable bonds is 4. The Bertz CT molecular complexity index is 1190. The Hall–Kier alpha value is -3.18. The Balaban J connectivity index is 1.21. The van der Waals surface area contributed by atoms with Gasteiger partial charge in [-0.1, -0.05) is 0 Å². The van der Waals surface area contributed by atoms with Crippen LogP contribution in [0.2, 0.25) is 0 Å². The number of hydrogen-bond donors (Lipinski definition) is 0. The number of halogens is 1. The van der Waals surface area contributed by atoms with Gasteiger partial charge in [0.05, 0.1) is 41.4 Å². The molecule has 32 heavy (non-hydrogen) atoms. The molecule has 8 heteroatoms. The summed E-state index contributed by atoms with van der Waals surface area (Å²) in [6, 6.07) is 6.70. The van der Waals surface area contributed by atoms with Gasteiger partial charge in [0.1, 0.15) is 11.6 Å². The number of benzene rings is 1. The van der Waals surface area contributed by atoms with Crippen molar-refractivity contribution in [3.63, 3.8) is 0 Å². The maximum atomic E-state index is 14.2. The molecule has 5 rings (SSSR count). The van der Waals surface area contributed by atoms with Gasteiger partial charge in [-0.15, -0.1) is 0 Å². The highest BCUT2D eigenvalue weighted by atomic mass is 19.1. The number of hydroxylamine groups is 2. The van der Waals surface area contributed by atoms with Crippen molar-refractivity contribution in [2.45, 2.75) is 51.6 Å². The fourth-order valence-corrected chi connectivity index (χ4v) is 4.95. The first-order chi connectivity index (χ1) is 15.5. The molecule has 1 saturated heterocycles. The minimum Gasteiger partial charge on any atom is -0.469 e. The molecule has 3 aromatic rings. The predicted molar refractivity (Wildman–Crippen MR) is 113 cm³/mol. The van der Waals surface area contributed by atoms with Crippen molar-refractivity contribution in [1.29, 1.82) is 5.26 Å². The summed E-state index contributed by atoms with van der Waals surface area (Å²) in [6.07, 6.45) is 7.60. The zero-order valence-corrected chi connectivity index (χ0v) is 18.0. The highest BCUT2D eigenvalue weighted by molar-refractivity contribution is 5.80. The number of furan rings is 1. The van der Waals surface area contributed by atoms with E-state index < -0.39 is 5.82 Å². The molecule has 0 bridgehead atoms. The van der Waals surface area contributed by atoms with Crippen molar-refractivity contribution in [2.24, 2.45) is 11.8 Å². The molecule has 2 aliphatic rings. The topological polar surface area (TPSA) is 84.3 Å². The van der Waals surface area contributed by atoms with Gasteiger partial charge in [0.2, 0.25) is 5.91 Å². The summed E-state index contributed by atoms with van der Waals surface area (Å²) >= 11 is 0. The van der Waals surface area contributed by atoms with E-state index >= 15 is 0 Å². The van der Waals surface area contributed by atoms with Crippen LogP contribution in [0.5, 0.6) is 0 Å². The third-order valence-corrected chi connectivity index (χ3v) is 6.65. The molecule has 0 spiro atoms. The first-order valence-corrected chi connectivity index (χ1v) is 11.1. The number of aromatic nitrogens is 2. The van der Waals surface area contributed by atoms with Crippen molar-refractivity contribution in [2.75, 3.05) is 6.61 Å². The van der Waals surface area contributed by atoms with Crippen LogP contribution < -0.4 is 0 Å². The summed E-state index contributed by atoms with van der Waals surface area (Å²) < 4.78 is 21.4. The number of hydrogen-bond acceptors (Lipinski definition) is 5. The van der Waals surface area contributed by atoms with E-state index in [1.54, 1.807) is 28.3 Å². The average Bonchev–Trinajstić information content (AvgIpc) is 3.53. The lowest BCUT2D eigenvalue weighted by Gasteiger charge is -2.31. The molecule has 1 atom stereocenters. The smallest absolute Gasteiger partial charge is 0.249 e. The summed E-state index contributed by atoms with van der Waals surface area (Å²) in [5.41, 5.74) is 1.75. The number of nitriles is 1. The minimum atomic E-state index is -0.424. The molecule has 0 N–H and O–H groups in total. The quantitative estimate of drug-likeness (QED) is 0.594. The molecule has 0 radical (unpaired) electrons. The number of aryl methyl sites for hydroxylation is 1. The number of fused-ring (bicyclic) bond motifs is 1. The van der Waals surface area contributed by atoms with Crippen LogP contribution in [0.25, 0.3) is 10.9 Å². The fraction of sp³-hybridized carbons (Fsp3) is 0.458. The molecule has 1 aromatic carbocycles. The van der Waals surface area contributed by atoms with E-state index in [2.05, 4.69) is 5.10 Å². The minimum absolute atomic E-state index is 0.0489. The molecular formula is C24H25FN4O3. The van der Waals surface area contributed by atoms with Crippen LogP contribution in [-0.2, 0) is 16.2 Å². The van der Waals surface area contributed by atoms with E-state index in [4.69, 9.17) is 14.5 Å². The summed E-state index contributed by atoms with van der Waals surface area (Å²) in [7, 11) is 0. The van der Waals surface area contributed by atoms with Crippen molar-refractivity contribution >= 4 is 16.8 Å². The monoisotopic (exact) mass is 436 g/mol. The van der Waals surface area contributed by atoms with Gasteiger partial charge in [-0.05, 0) is 56.7 Å². The molecule has 1 aliphatic heterocycles. The largest absolute Gasteiger partial charge is 0.469 e. The van der Waals surface area contributed by atoms with Crippen LogP contribution in [0.3, 0.4) is 0 Å². The molecule has 2 aromatic heterocycles. The average molecular weight is 436 g/mol. The Labute approximate surface area is 185 Å². The van der Waals surface area contributed by atoms with Gasteiger partial charge >= 0.3 is 0 Å². The summed E-state index contributed by atoms with van der Waals surface area (Å²) in [5, 5.41) is 15.5. The highest BCUT2D eigenvalue weighted by Crippen LogP contribution is 2.37. The molecule has 0 unspecified atom stereocenters. The van der Waals surface area contributed by atoms with Crippen molar-refractivity contribution < 1.29 is 18.4 Å². The van der Waals surface area contributed by atoms with Gasteiger partial charge in [0, 0.05) is 30.6 Å².